The molecule has 3 aromatic rings. The SMILES string of the molecule is CC(C)c1nc2ccccc2n1CC(=O)N1CCC[C@]2(CC1)CN(c1ccccc1)C(=O)O2. The van der Waals surface area contributed by atoms with Gasteiger partial charge in [0.25, 0.3) is 0 Å². The Labute approximate surface area is 193 Å². The van der Waals surface area contributed by atoms with Crippen LogP contribution < -0.4 is 4.90 Å². The van der Waals surface area contributed by atoms with E-state index in [1.54, 1.807) is 4.90 Å². The van der Waals surface area contributed by atoms with Gasteiger partial charge in [0.05, 0.1) is 17.6 Å². The van der Waals surface area contributed by atoms with Crippen molar-refractivity contribution in [1.29, 1.82) is 0 Å². The summed E-state index contributed by atoms with van der Waals surface area (Å²) in [5.74, 6) is 1.24. The molecule has 1 aromatic heterocycles. The first-order valence-electron chi connectivity index (χ1n) is 11.7. The summed E-state index contributed by atoms with van der Waals surface area (Å²) >= 11 is 0. The molecule has 0 unspecified atom stereocenters. The lowest BCUT2D eigenvalue weighted by Crippen LogP contribution is -2.38. The number of aromatic nitrogens is 2. The van der Waals surface area contributed by atoms with Gasteiger partial charge in [0, 0.05) is 31.1 Å². The maximum Gasteiger partial charge on any atom is 0.415 e. The van der Waals surface area contributed by atoms with Crippen molar-refractivity contribution in [2.75, 3.05) is 24.5 Å². The Morgan fingerprint density at radius 1 is 1.06 bits per heavy atom. The molecule has 2 saturated heterocycles. The lowest BCUT2D eigenvalue weighted by molar-refractivity contribution is -0.131. The molecular weight excluding hydrogens is 416 g/mol. The lowest BCUT2D eigenvalue weighted by Gasteiger charge is -2.26. The van der Waals surface area contributed by atoms with E-state index in [1.807, 2.05) is 59.5 Å². The third kappa shape index (κ3) is 4.08. The number of hydrogen-bond acceptors (Lipinski definition) is 4. The van der Waals surface area contributed by atoms with Crippen LogP contribution in [0.15, 0.2) is 54.6 Å². The van der Waals surface area contributed by atoms with Crippen molar-refractivity contribution in [3.8, 4) is 0 Å². The van der Waals surface area contributed by atoms with Crippen LogP contribution in [-0.2, 0) is 16.1 Å². The summed E-state index contributed by atoms with van der Waals surface area (Å²) < 4.78 is 7.96. The summed E-state index contributed by atoms with van der Waals surface area (Å²) in [4.78, 5) is 34.4. The fraction of sp³-hybridized carbons (Fsp3) is 0.423. The zero-order chi connectivity index (χ0) is 23.0. The van der Waals surface area contributed by atoms with Crippen LogP contribution in [0.25, 0.3) is 11.0 Å². The van der Waals surface area contributed by atoms with E-state index < -0.39 is 5.60 Å². The first-order valence-corrected chi connectivity index (χ1v) is 11.7. The van der Waals surface area contributed by atoms with Gasteiger partial charge < -0.3 is 14.2 Å². The number of rotatable bonds is 4. The minimum absolute atomic E-state index is 0.0846. The van der Waals surface area contributed by atoms with E-state index in [2.05, 4.69) is 18.4 Å². The number of anilines is 1. The van der Waals surface area contributed by atoms with E-state index in [-0.39, 0.29) is 24.5 Å². The van der Waals surface area contributed by atoms with Crippen molar-refractivity contribution in [2.45, 2.75) is 51.2 Å². The highest BCUT2D eigenvalue weighted by Crippen LogP contribution is 2.35. The van der Waals surface area contributed by atoms with Crippen LogP contribution in [0, 0.1) is 0 Å². The first-order chi connectivity index (χ1) is 16.0. The minimum atomic E-state index is -0.535. The van der Waals surface area contributed by atoms with Gasteiger partial charge in [-0.2, -0.15) is 0 Å². The fourth-order valence-electron chi connectivity index (χ4n) is 5.04. The molecule has 2 aliphatic heterocycles. The number of likely N-dealkylation sites (tertiary alicyclic amines) is 1. The highest BCUT2D eigenvalue weighted by Gasteiger charge is 2.46. The van der Waals surface area contributed by atoms with Crippen molar-refractivity contribution >= 4 is 28.7 Å². The fourth-order valence-corrected chi connectivity index (χ4v) is 5.04. The van der Waals surface area contributed by atoms with Crippen LogP contribution >= 0.6 is 0 Å². The predicted molar refractivity (Wildman–Crippen MR) is 127 cm³/mol. The number of ether oxygens (including phenoxy) is 1. The summed E-state index contributed by atoms with van der Waals surface area (Å²) in [5.41, 5.74) is 2.23. The molecule has 2 fully saturated rings. The van der Waals surface area contributed by atoms with Crippen LogP contribution in [0.5, 0.6) is 0 Å². The molecular formula is C26H30N4O3. The predicted octanol–water partition coefficient (Wildman–Crippen LogP) is 4.57. The summed E-state index contributed by atoms with van der Waals surface area (Å²) in [5, 5.41) is 0. The molecule has 2 aromatic carbocycles. The van der Waals surface area contributed by atoms with Crippen LogP contribution in [0.4, 0.5) is 10.5 Å². The Bertz CT molecular complexity index is 1170. The van der Waals surface area contributed by atoms with Crippen molar-refractivity contribution in [3.05, 3.63) is 60.4 Å². The van der Waals surface area contributed by atoms with Gasteiger partial charge in [0.1, 0.15) is 18.0 Å². The summed E-state index contributed by atoms with van der Waals surface area (Å²) in [6.45, 7) is 6.26. The van der Waals surface area contributed by atoms with Gasteiger partial charge in [-0.3, -0.25) is 9.69 Å². The molecule has 0 aliphatic carbocycles. The molecule has 7 heteroatoms. The standard InChI is InChI=1S/C26H30N4O3/c1-19(2)24-27-21-11-6-7-12-22(21)29(24)17-23(31)28-15-8-13-26(14-16-28)18-30(25(32)33-26)20-9-4-3-5-10-20/h3-7,9-12,19H,8,13-18H2,1-2H3/t26-/m0/s1. The average Bonchev–Trinajstić information content (AvgIpc) is 3.26. The van der Waals surface area contributed by atoms with Crippen molar-refractivity contribution < 1.29 is 14.3 Å². The number of fused-ring (bicyclic) bond motifs is 1. The summed E-state index contributed by atoms with van der Waals surface area (Å²) in [7, 11) is 0. The van der Waals surface area contributed by atoms with Gasteiger partial charge in [0.2, 0.25) is 5.91 Å². The van der Waals surface area contributed by atoms with Crippen LogP contribution in [0.1, 0.15) is 44.9 Å². The maximum absolute atomic E-state index is 13.3. The van der Waals surface area contributed by atoms with Crippen molar-refractivity contribution in [3.63, 3.8) is 0 Å². The van der Waals surface area contributed by atoms with Gasteiger partial charge >= 0.3 is 6.09 Å². The smallest absolute Gasteiger partial charge is 0.415 e. The number of amides is 2. The van der Waals surface area contributed by atoms with Gasteiger partial charge in [-0.25, -0.2) is 9.78 Å². The molecule has 2 aliphatic rings. The molecule has 0 saturated carbocycles. The van der Waals surface area contributed by atoms with E-state index in [1.165, 1.54) is 0 Å². The molecule has 1 spiro atoms. The number of imidazole rings is 1. The zero-order valence-electron chi connectivity index (χ0n) is 19.2. The number of para-hydroxylation sites is 3. The summed E-state index contributed by atoms with van der Waals surface area (Å²) in [6.07, 6.45) is 1.92. The van der Waals surface area contributed by atoms with Crippen molar-refractivity contribution in [1.82, 2.24) is 14.5 Å². The molecule has 1 atom stereocenters. The van der Waals surface area contributed by atoms with Gasteiger partial charge in [-0.15, -0.1) is 0 Å². The first kappa shape index (κ1) is 21.5. The Hall–Kier alpha value is -3.35. The third-order valence-electron chi connectivity index (χ3n) is 6.78. The van der Waals surface area contributed by atoms with E-state index in [9.17, 15) is 9.59 Å². The number of nitrogens with zero attached hydrogens (tertiary/aromatic N) is 4. The quantitative estimate of drug-likeness (QED) is 0.589. The lowest BCUT2D eigenvalue weighted by atomic mass is 9.95. The molecule has 33 heavy (non-hydrogen) atoms. The van der Waals surface area contributed by atoms with E-state index in [4.69, 9.17) is 9.72 Å². The number of hydrogen-bond donors (Lipinski definition) is 0. The Kier molecular flexibility index (Phi) is 5.56. The molecule has 3 heterocycles. The van der Waals surface area contributed by atoms with Gasteiger partial charge in [0.15, 0.2) is 0 Å². The third-order valence-corrected chi connectivity index (χ3v) is 6.78. The topological polar surface area (TPSA) is 67.7 Å². The zero-order valence-corrected chi connectivity index (χ0v) is 19.2. The molecule has 172 valence electrons. The second kappa shape index (κ2) is 8.54. The number of benzene rings is 2. The highest BCUT2D eigenvalue weighted by atomic mass is 16.6. The average molecular weight is 447 g/mol. The Balaban J connectivity index is 1.30. The molecule has 5 rings (SSSR count). The van der Waals surface area contributed by atoms with Crippen LogP contribution in [-0.4, -0.2) is 51.7 Å². The molecule has 0 radical (unpaired) electrons. The Morgan fingerprint density at radius 2 is 1.82 bits per heavy atom. The van der Waals surface area contributed by atoms with Crippen molar-refractivity contribution in [2.24, 2.45) is 0 Å². The Morgan fingerprint density at radius 3 is 2.61 bits per heavy atom. The minimum Gasteiger partial charge on any atom is -0.441 e. The number of carbonyl (C=O) groups is 2. The van der Waals surface area contributed by atoms with E-state index in [0.717, 1.165) is 35.4 Å². The maximum atomic E-state index is 13.3. The molecule has 7 nitrogen and oxygen atoms in total. The second-order valence-corrected chi connectivity index (χ2v) is 9.41. The molecule has 0 bridgehead atoms. The van der Waals surface area contributed by atoms with Crippen LogP contribution in [0.3, 0.4) is 0 Å². The monoisotopic (exact) mass is 446 g/mol. The van der Waals surface area contributed by atoms with Gasteiger partial charge in [-0.1, -0.05) is 44.2 Å². The molecule has 2 amide bonds. The number of carbonyl (C=O) groups excluding carboxylic acids is 2. The second-order valence-electron chi connectivity index (χ2n) is 9.41. The molecule has 0 N–H and O–H groups in total. The normalized spacial score (nSPS) is 21.1. The van der Waals surface area contributed by atoms with Crippen LogP contribution in [0.2, 0.25) is 0 Å². The van der Waals surface area contributed by atoms with E-state index in [0.29, 0.717) is 26.1 Å². The summed E-state index contributed by atoms with van der Waals surface area (Å²) in [6, 6.07) is 17.6. The van der Waals surface area contributed by atoms with Gasteiger partial charge in [-0.05, 0) is 37.1 Å². The largest absolute Gasteiger partial charge is 0.441 e. The highest BCUT2D eigenvalue weighted by molar-refractivity contribution is 5.90. The van der Waals surface area contributed by atoms with E-state index >= 15 is 0 Å².